The first kappa shape index (κ1) is 12.7. The highest BCUT2D eigenvalue weighted by molar-refractivity contribution is 5.30. The lowest BCUT2D eigenvalue weighted by molar-refractivity contribution is 0.421. The second-order valence-corrected chi connectivity index (χ2v) is 5.24. The smallest absolute Gasteiger partial charge is 0.125 e. The van der Waals surface area contributed by atoms with Crippen LogP contribution in [-0.4, -0.2) is 20.5 Å². The summed E-state index contributed by atoms with van der Waals surface area (Å²) < 4.78 is 14.7. The van der Waals surface area contributed by atoms with E-state index in [4.69, 9.17) is 0 Å². The molecule has 0 fully saturated rings. The fourth-order valence-corrected chi connectivity index (χ4v) is 1.48. The second-order valence-electron chi connectivity index (χ2n) is 5.24. The molecule has 5 heteroatoms. The van der Waals surface area contributed by atoms with Crippen LogP contribution in [-0.2, 0) is 6.54 Å². The number of nitrogens with one attached hydrogen (secondary N) is 1. The summed E-state index contributed by atoms with van der Waals surface area (Å²) in [4.78, 5) is 0. The summed E-state index contributed by atoms with van der Waals surface area (Å²) in [6, 6.07) is 6.27. The van der Waals surface area contributed by atoms with Crippen molar-refractivity contribution in [3.05, 3.63) is 42.0 Å². The SMILES string of the molecule is CC(C)(C)NCc1cn(-c2cccc(F)c2)nn1. The molecule has 18 heavy (non-hydrogen) atoms. The molecule has 4 nitrogen and oxygen atoms in total. The van der Waals surface area contributed by atoms with Crippen LogP contribution in [0, 0.1) is 5.82 Å². The van der Waals surface area contributed by atoms with Gasteiger partial charge in [-0.25, -0.2) is 9.07 Å². The Morgan fingerprint density at radius 3 is 2.78 bits per heavy atom. The lowest BCUT2D eigenvalue weighted by Gasteiger charge is -2.19. The molecule has 0 unspecified atom stereocenters. The van der Waals surface area contributed by atoms with Gasteiger partial charge in [-0.05, 0) is 39.0 Å². The van der Waals surface area contributed by atoms with Crippen LogP contribution in [0.1, 0.15) is 26.5 Å². The molecule has 0 bridgehead atoms. The average molecular weight is 248 g/mol. The van der Waals surface area contributed by atoms with Gasteiger partial charge in [0.15, 0.2) is 0 Å². The third kappa shape index (κ3) is 3.37. The topological polar surface area (TPSA) is 42.7 Å². The number of nitrogens with zero attached hydrogens (tertiary/aromatic N) is 3. The van der Waals surface area contributed by atoms with Crippen molar-refractivity contribution in [1.29, 1.82) is 0 Å². The van der Waals surface area contributed by atoms with Crippen molar-refractivity contribution < 1.29 is 4.39 Å². The number of hydrogen-bond donors (Lipinski definition) is 1. The molecule has 96 valence electrons. The molecule has 1 heterocycles. The van der Waals surface area contributed by atoms with E-state index in [9.17, 15) is 4.39 Å². The molecule has 0 saturated carbocycles. The highest BCUT2D eigenvalue weighted by Crippen LogP contribution is 2.09. The largest absolute Gasteiger partial charge is 0.306 e. The summed E-state index contributed by atoms with van der Waals surface area (Å²) in [7, 11) is 0. The molecule has 0 spiro atoms. The van der Waals surface area contributed by atoms with Crippen LogP contribution in [0.2, 0.25) is 0 Å². The molecule has 1 aromatic carbocycles. The van der Waals surface area contributed by atoms with Crippen molar-refractivity contribution in [3.63, 3.8) is 0 Å². The summed E-state index contributed by atoms with van der Waals surface area (Å²) in [5.74, 6) is -0.280. The molecule has 1 N–H and O–H groups in total. The molecule has 1 aromatic heterocycles. The summed E-state index contributed by atoms with van der Waals surface area (Å²) in [5.41, 5.74) is 1.53. The highest BCUT2D eigenvalue weighted by Gasteiger charge is 2.10. The van der Waals surface area contributed by atoms with Crippen molar-refractivity contribution in [3.8, 4) is 5.69 Å². The normalized spacial score (nSPS) is 11.8. The molecular formula is C13H17FN4. The quantitative estimate of drug-likeness (QED) is 0.906. The van der Waals surface area contributed by atoms with E-state index < -0.39 is 0 Å². The van der Waals surface area contributed by atoms with E-state index in [-0.39, 0.29) is 11.4 Å². The first-order chi connectivity index (χ1) is 8.44. The number of aromatic nitrogens is 3. The third-order valence-electron chi connectivity index (χ3n) is 2.41. The average Bonchev–Trinajstić information content (AvgIpc) is 2.74. The first-order valence-corrected chi connectivity index (χ1v) is 5.86. The van der Waals surface area contributed by atoms with Crippen molar-refractivity contribution in [1.82, 2.24) is 20.3 Å². The highest BCUT2D eigenvalue weighted by atomic mass is 19.1. The van der Waals surface area contributed by atoms with Gasteiger partial charge in [0.2, 0.25) is 0 Å². The Kier molecular flexibility index (Phi) is 3.43. The Morgan fingerprint density at radius 2 is 2.11 bits per heavy atom. The zero-order valence-corrected chi connectivity index (χ0v) is 10.8. The van der Waals surface area contributed by atoms with Crippen LogP contribution in [0.3, 0.4) is 0 Å². The van der Waals surface area contributed by atoms with E-state index in [1.807, 2.05) is 0 Å². The van der Waals surface area contributed by atoms with E-state index in [1.54, 1.807) is 23.0 Å². The minimum atomic E-state index is -0.280. The summed E-state index contributed by atoms with van der Waals surface area (Å²) in [6.07, 6.45) is 1.80. The summed E-state index contributed by atoms with van der Waals surface area (Å²) >= 11 is 0. The van der Waals surface area contributed by atoms with Crippen molar-refractivity contribution in [2.45, 2.75) is 32.9 Å². The Labute approximate surface area is 106 Å². The summed E-state index contributed by atoms with van der Waals surface area (Å²) in [5, 5.41) is 11.4. The zero-order valence-electron chi connectivity index (χ0n) is 10.8. The number of benzene rings is 1. The minimum Gasteiger partial charge on any atom is -0.306 e. The molecule has 0 radical (unpaired) electrons. The second kappa shape index (κ2) is 4.86. The van der Waals surface area contributed by atoms with E-state index in [0.29, 0.717) is 12.2 Å². The van der Waals surface area contributed by atoms with E-state index >= 15 is 0 Å². The van der Waals surface area contributed by atoms with Crippen LogP contribution < -0.4 is 5.32 Å². The van der Waals surface area contributed by atoms with Crippen molar-refractivity contribution in [2.24, 2.45) is 0 Å². The van der Waals surface area contributed by atoms with Gasteiger partial charge in [0, 0.05) is 12.1 Å². The lowest BCUT2D eigenvalue weighted by atomic mass is 10.1. The van der Waals surface area contributed by atoms with Crippen LogP contribution in [0.15, 0.2) is 30.5 Å². The van der Waals surface area contributed by atoms with Crippen molar-refractivity contribution in [2.75, 3.05) is 0 Å². The standard InChI is InChI=1S/C13H17FN4/c1-13(2,3)15-8-11-9-18(17-16-11)12-6-4-5-10(14)7-12/h4-7,9,15H,8H2,1-3H3. The Morgan fingerprint density at radius 1 is 1.33 bits per heavy atom. The molecule has 0 aliphatic heterocycles. The number of hydrogen-bond acceptors (Lipinski definition) is 3. The molecule has 2 rings (SSSR count). The van der Waals surface area contributed by atoms with Crippen molar-refractivity contribution >= 4 is 0 Å². The predicted octanol–water partition coefficient (Wildman–Crippen LogP) is 2.29. The predicted molar refractivity (Wildman–Crippen MR) is 67.9 cm³/mol. The molecule has 0 aliphatic carbocycles. The minimum absolute atomic E-state index is 0.0304. The zero-order chi connectivity index (χ0) is 13.2. The monoisotopic (exact) mass is 248 g/mol. The maximum Gasteiger partial charge on any atom is 0.125 e. The maximum absolute atomic E-state index is 13.1. The van der Waals surface area contributed by atoms with Crippen LogP contribution in [0.5, 0.6) is 0 Å². The number of rotatable bonds is 3. The Hall–Kier alpha value is -1.75. The van der Waals surface area contributed by atoms with Crippen LogP contribution in [0.4, 0.5) is 4.39 Å². The summed E-state index contributed by atoms with van der Waals surface area (Å²) in [6.45, 7) is 6.90. The molecule has 2 aromatic rings. The number of halogens is 1. The van der Waals surface area contributed by atoms with Gasteiger partial charge in [-0.2, -0.15) is 0 Å². The van der Waals surface area contributed by atoms with Gasteiger partial charge in [-0.1, -0.05) is 11.3 Å². The molecule has 0 saturated heterocycles. The first-order valence-electron chi connectivity index (χ1n) is 5.86. The molecule has 0 atom stereocenters. The third-order valence-corrected chi connectivity index (χ3v) is 2.41. The fraction of sp³-hybridized carbons (Fsp3) is 0.385. The molecular weight excluding hydrogens is 231 g/mol. The fourth-order valence-electron chi connectivity index (χ4n) is 1.48. The van der Waals surface area contributed by atoms with E-state index in [0.717, 1.165) is 5.69 Å². The Bertz CT molecular complexity index is 528. The van der Waals surface area contributed by atoms with Crippen LogP contribution in [0.25, 0.3) is 5.69 Å². The van der Waals surface area contributed by atoms with Gasteiger partial charge in [-0.3, -0.25) is 0 Å². The van der Waals surface area contributed by atoms with Gasteiger partial charge < -0.3 is 5.32 Å². The van der Waals surface area contributed by atoms with E-state index in [2.05, 4.69) is 36.4 Å². The maximum atomic E-state index is 13.1. The van der Waals surface area contributed by atoms with Gasteiger partial charge in [0.1, 0.15) is 5.82 Å². The van der Waals surface area contributed by atoms with Crippen LogP contribution >= 0.6 is 0 Å². The van der Waals surface area contributed by atoms with E-state index in [1.165, 1.54) is 12.1 Å². The van der Waals surface area contributed by atoms with Gasteiger partial charge in [-0.15, -0.1) is 5.10 Å². The van der Waals surface area contributed by atoms with Gasteiger partial charge in [0.05, 0.1) is 17.6 Å². The van der Waals surface area contributed by atoms with Gasteiger partial charge >= 0.3 is 0 Å². The van der Waals surface area contributed by atoms with Gasteiger partial charge in [0.25, 0.3) is 0 Å². The molecule has 0 aliphatic rings. The lowest BCUT2D eigenvalue weighted by Crippen LogP contribution is -2.35. The Balaban J connectivity index is 2.11. The molecule has 0 amide bonds.